The van der Waals surface area contributed by atoms with E-state index in [1.54, 1.807) is 0 Å². The number of rotatable bonds is 8. The van der Waals surface area contributed by atoms with Gasteiger partial charge in [-0.2, -0.15) is 0 Å². The first-order valence-electron chi connectivity index (χ1n) is 5.69. The van der Waals surface area contributed by atoms with Gasteiger partial charge in [0.05, 0.1) is 0 Å². The van der Waals surface area contributed by atoms with E-state index < -0.39 is 11.5 Å². The molecule has 4 nitrogen and oxygen atoms in total. The number of allylic oxidation sites excluding steroid dienone is 2. The van der Waals surface area contributed by atoms with Crippen molar-refractivity contribution in [1.29, 1.82) is 0 Å². The van der Waals surface area contributed by atoms with E-state index in [1.807, 2.05) is 26.0 Å². The Balaban J connectivity index is 4.40. The summed E-state index contributed by atoms with van der Waals surface area (Å²) in [5.74, 6) is -1.61. The lowest BCUT2D eigenvalue weighted by Crippen LogP contribution is -2.54. The summed E-state index contributed by atoms with van der Waals surface area (Å²) in [5.41, 5.74) is 3.94. The number of carbonyl (C=O) groups is 2. The third-order valence-electron chi connectivity index (χ3n) is 2.46. The van der Waals surface area contributed by atoms with E-state index in [0.717, 1.165) is 6.42 Å². The Kier molecular flexibility index (Phi) is 6.65. The van der Waals surface area contributed by atoms with Gasteiger partial charge in [-0.3, -0.25) is 4.79 Å². The van der Waals surface area contributed by atoms with Crippen molar-refractivity contribution in [2.45, 2.75) is 51.5 Å². The first kappa shape index (κ1) is 14.8. The fraction of sp³-hybridized carbons (Fsp3) is 0.667. The number of hydrogen-bond acceptors (Lipinski definition) is 3. The molecule has 1 atom stereocenters. The summed E-state index contributed by atoms with van der Waals surface area (Å²) in [6.45, 7) is 3.81. The molecule has 0 saturated heterocycles. The zero-order chi connectivity index (χ0) is 12.6. The van der Waals surface area contributed by atoms with Gasteiger partial charge < -0.3 is 10.8 Å². The van der Waals surface area contributed by atoms with Gasteiger partial charge in [-0.1, -0.05) is 32.4 Å². The number of hydrogen-bond donors (Lipinski definition) is 2. The SMILES string of the molecule is CCC=CCCC(=O)C(N)(CCC)C(=O)O. The molecule has 0 heterocycles. The van der Waals surface area contributed by atoms with Gasteiger partial charge in [0.25, 0.3) is 0 Å². The van der Waals surface area contributed by atoms with Crippen molar-refractivity contribution in [2.24, 2.45) is 5.73 Å². The van der Waals surface area contributed by atoms with Crippen molar-refractivity contribution >= 4 is 11.8 Å². The van der Waals surface area contributed by atoms with Crippen molar-refractivity contribution in [3.05, 3.63) is 12.2 Å². The average Bonchev–Trinajstić information content (AvgIpc) is 2.24. The van der Waals surface area contributed by atoms with Crippen LogP contribution in [-0.2, 0) is 9.59 Å². The zero-order valence-electron chi connectivity index (χ0n) is 10.0. The molecular weight excluding hydrogens is 206 g/mol. The smallest absolute Gasteiger partial charge is 0.331 e. The lowest BCUT2D eigenvalue weighted by atomic mass is 9.87. The Morgan fingerprint density at radius 3 is 2.38 bits per heavy atom. The summed E-state index contributed by atoms with van der Waals surface area (Å²) in [4.78, 5) is 22.7. The molecule has 0 radical (unpaired) electrons. The molecule has 0 aromatic carbocycles. The first-order valence-corrected chi connectivity index (χ1v) is 5.69. The van der Waals surface area contributed by atoms with Crippen LogP contribution in [0.5, 0.6) is 0 Å². The minimum atomic E-state index is -1.70. The molecule has 0 aliphatic carbocycles. The van der Waals surface area contributed by atoms with Crippen LogP contribution in [0.15, 0.2) is 12.2 Å². The monoisotopic (exact) mass is 227 g/mol. The van der Waals surface area contributed by atoms with Gasteiger partial charge in [-0.15, -0.1) is 0 Å². The molecule has 1 unspecified atom stereocenters. The summed E-state index contributed by atoms with van der Waals surface area (Å²) in [6.07, 6.45) is 6.27. The minimum absolute atomic E-state index is 0.193. The lowest BCUT2D eigenvalue weighted by Gasteiger charge is -2.22. The van der Waals surface area contributed by atoms with E-state index in [-0.39, 0.29) is 18.6 Å². The molecule has 0 rings (SSSR count). The number of nitrogens with two attached hydrogens (primary N) is 1. The zero-order valence-corrected chi connectivity index (χ0v) is 10.0. The summed E-state index contributed by atoms with van der Waals surface area (Å²) < 4.78 is 0. The highest BCUT2D eigenvalue weighted by Gasteiger charge is 2.39. The highest BCUT2D eigenvalue weighted by atomic mass is 16.4. The maximum atomic E-state index is 11.7. The van der Waals surface area contributed by atoms with Crippen molar-refractivity contribution in [1.82, 2.24) is 0 Å². The summed E-state index contributed by atoms with van der Waals surface area (Å²) in [7, 11) is 0. The normalized spacial score (nSPS) is 14.9. The molecule has 0 aliphatic rings. The fourth-order valence-electron chi connectivity index (χ4n) is 1.48. The van der Waals surface area contributed by atoms with E-state index in [2.05, 4.69) is 0 Å². The molecule has 0 aliphatic heterocycles. The molecule has 0 saturated carbocycles. The van der Waals surface area contributed by atoms with E-state index in [1.165, 1.54) is 0 Å². The minimum Gasteiger partial charge on any atom is -0.480 e. The van der Waals surface area contributed by atoms with Crippen molar-refractivity contribution in [2.75, 3.05) is 0 Å². The number of carboxylic acids is 1. The second-order valence-corrected chi connectivity index (χ2v) is 3.87. The molecule has 0 aromatic rings. The third-order valence-corrected chi connectivity index (χ3v) is 2.46. The Morgan fingerprint density at radius 2 is 1.94 bits per heavy atom. The van der Waals surface area contributed by atoms with Gasteiger partial charge in [0, 0.05) is 6.42 Å². The predicted molar refractivity (Wildman–Crippen MR) is 63.1 cm³/mol. The Bertz CT molecular complexity index is 273. The second kappa shape index (κ2) is 7.17. The van der Waals surface area contributed by atoms with Crippen LogP contribution in [0.2, 0.25) is 0 Å². The lowest BCUT2D eigenvalue weighted by molar-refractivity contribution is -0.148. The average molecular weight is 227 g/mol. The summed E-state index contributed by atoms with van der Waals surface area (Å²) in [5, 5.41) is 8.97. The highest BCUT2D eigenvalue weighted by molar-refractivity contribution is 6.07. The molecule has 0 spiro atoms. The molecular formula is C12H21NO3. The van der Waals surface area contributed by atoms with Gasteiger partial charge in [-0.25, -0.2) is 4.79 Å². The fourth-order valence-corrected chi connectivity index (χ4v) is 1.48. The summed E-state index contributed by atoms with van der Waals surface area (Å²) in [6, 6.07) is 0. The van der Waals surface area contributed by atoms with Gasteiger partial charge in [0.1, 0.15) is 0 Å². The van der Waals surface area contributed by atoms with Crippen molar-refractivity contribution < 1.29 is 14.7 Å². The van der Waals surface area contributed by atoms with Gasteiger partial charge in [0.15, 0.2) is 11.3 Å². The van der Waals surface area contributed by atoms with E-state index in [4.69, 9.17) is 10.8 Å². The van der Waals surface area contributed by atoms with Crippen LogP contribution in [0.1, 0.15) is 46.0 Å². The van der Waals surface area contributed by atoms with Crippen LogP contribution in [0.4, 0.5) is 0 Å². The summed E-state index contributed by atoms with van der Waals surface area (Å²) >= 11 is 0. The van der Waals surface area contributed by atoms with Crippen LogP contribution in [-0.4, -0.2) is 22.4 Å². The number of aliphatic carboxylic acids is 1. The number of ketones is 1. The predicted octanol–water partition coefficient (Wildman–Crippen LogP) is 1.88. The Hall–Kier alpha value is -1.16. The molecule has 0 fully saturated rings. The molecule has 0 amide bonds. The Morgan fingerprint density at radius 1 is 1.31 bits per heavy atom. The standard InChI is InChI=1S/C12H21NO3/c1-3-5-6-7-8-10(14)12(13,9-4-2)11(15)16/h5-6H,3-4,7-9,13H2,1-2H3,(H,15,16). The second-order valence-electron chi connectivity index (χ2n) is 3.87. The van der Waals surface area contributed by atoms with E-state index >= 15 is 0 Å². The Labute approximate surface area is 96.5 Å². The van der Waals surface area contributed by atoms with Crippen LogP contribution >= 0.6 is 0 Å². The largest absolute Gasteiger partial charge is 0.480 e. The molecule has 16 heavy (non-hydrogen) atoms. The maximum Gasteiger partial charge on any atom is 0.331 e. The number of carboxylic acid groups (broad SMARTS) is 1. The van der Waals surface area contributed by atoms with Crippen molar-refractivity contribution in [3.8, 4) is 0 Å². The molecule has 0 bridgehead atoms. The van der Waals surface area contributed by atoms with Crippen LogP contribution in [0.3, 0.4) is 0 Å². The molecule has 0 aromatic heterocycles. The van der Waals surface area contributed by atoms with Gasteiger partial charge in [0.2, 0.25) is 0 Å². The van der Waals surface area contributed by atoms with E-state index in [0.29, 0.717) is 12.8 Å². The topological polar surface area (TPSA) is 80.4 Å². The highest BCUT2D eigenvalue weighted by Crippen LogP contribution is 2.15. The number of Topliss-reactive ketones (excluding diaryl/α,β-unsaturated/α-hetero) is 1. The number of carbonyl (C=O) groups excluding carboxylic acids is 1. The molecule has 4 heteroatoms. The molecule has 3 N–H and O–H groups in total. The van der Waals surface area contributed by atoms with Crippen LogP contribution < -0.4 is 5.73 Å². The quantitative estimate of drug-likeness (QED) is 0.490. The third kappa shape index (κ3) is 4.14. The van der Waals surface area contributed by atoms with Crippen LogP contribution in [0.25, 0.3) is 0 Å². The van der Waals surface area contributed by atoms with Gasteiger partial charge in [-0.05, 0) is 19.3 Å². The van der Waals surface area contributed by atoms with Crippen LogP contribution in [0, 0.1) is 0 Å². The first-order chi connectivity index (χ1) is 7.49. The van der Waals surface area contributed by atoms with Gasteiger partial charge >= 0.3 is 5.97 Å². The maximum absolute atomic E-state index is 11.7. The van der Waals surface area contributed by atoms with Crippen molar-refractivity contribution in [3.63, 3.8) is 0 Å². The molecule has 92 valence electrons. The van der Waals surface area contributed by atoms with E-state index in [9.17, 15) is 9.59 Å².